The molecule has 2 unspecified atom stereocenters. The van der Waals surface area contributed by atoms with Gasteiger partial charge in [-0.1, -0.05) is 0 Å². The van der Waals surface area contributed by atoms with Crippen LogP contribution in [-0.4, -0.2) is 50.2 Å². The van der Waals surface area contributed by atoms with Crippen molar-refractivity contribution in [1.82, 2.24) is 10.2 Å². The van der Waals surface area contributed by atoms with Crippen molar-refractivity contribution in [3.63, 3.8) is 0 Å². The van der Waals surface area contributed by atoms with E-state index < -0.39 is 0 Å². The molecule has 0 aromatic rings. The van der Waals surface area contributed by atoms with Crippen LogP contribution in [0.15, 0.2) is 0 Å². The van der Waals surface area contributed by atoms with Gasteiger partial charge in [0.05, 0.1) is 6.61 Å². The van der Waals surface area contributed by atoms with Gasteiger partial charge in [0.2, 0.25) is 5.91 Å². The van der Waals surface area contributed by atoms with Gasteiger partial charge in [0.25, 0.3) is 0 Å². The Hall–Kier alpha value is -0.610. The van der Waals surface area contributed by atoms with Crippen LogP contribution in [0, 0.1) is 17.3 Å². The van der Waals surface area contributed by atoms with Crippen molar-refractivity contribution in [2.45, 2.75) is 32.6 Å². The molecular formula is C15H26N2O2. The van der Waals surface area contributed by atoms with Gasteiger partial charge in [-0.15, -0.1) is 0 Å². The van der Waals surface area contributed by atoms with Crippen LogP contribution in [0.1, 0.15) is 32.6 Å². The minimum Gasteiger partial charge on any atom is -0.381 e. The number of nitrogens with one attached hydrogen (secondary N) is 1. The Morgan fingerprint density at radius 2 is 2.21 bits per heavy atom. The maximum atomic E-state index is 12.7. The summed E-state index contributed by atoms with van der Waals surface area (Å²) < 4.78 is 5.42. The topological polar surface area (TPSA) is 41.6 Å². The number of carbonyl (C=O) groups is 1. The molecule has 3 fully saturated rings. The average molecular weight is 266 g/mol. The number of amides is 1. The van der Waals surface area contributed by atoms with Crippen molar-refractivity contribution >= 4 is 5.91 Å². The largest absolute Gasteiger partial charge is 0.381 e. The lowest BCUT2D eigenvalue weighted by molar-refractivity contribution is -0.134. The highest BCUT2D eigenvalue weighted by molar-refractivity contribution is 5.82. The van der Waals surface area contributed by atoms with Crippen molar-refractivity contribution < 1.29 is 9.53 Å². The third-order valence-corrected chi connectivity index (χ3v) is 5.28. The van der Waals surface area contributed by atoms with E-state index in [4.69, 9.17) is 4.74 Å². The van der Waals surface area contributed by atoms with E-state index in [0.717, 1.165) is 52.2 Å². The molecule has 108 valence electrons. The zero-order valence-corrected chi connectivity index (χ0v) is 12.0. The van der Waals surface area contributed by atoms with Gasteiger partial charge in [-0.2, -0.15) is 0 Å². The molecule has 3 aliphatic rings. The summed E-state index contributed by atoms with van der Waals surface area (Å²) >= 11 is 0. The summed E-state index contributed by atoms with van der Waals surface area (Å²) in [6.07, 6.45) is 4.62. The monoisotopic (exact) mass is 266 g/mol. The Kier molecular flexibility index (Phi) is 3.81. The number of nitrogens with zero attached hydrogens (tertiary/aromatic N) is 1. The molecule has 0 aromatic heterocycles. The van der Waals surface area contributed by atoms with Gasteiger partial charge in [0, 0.05) is 31.5 Å². The average Bonchev–Trinajstić information content (AvgIpc) is 2.89. The van der Waals surface area contributed by atoms with Crippen molar-refractivity contribution in [3.05, 3.63) is 0 Å². The molecule has 2 atom stereocenters. The van der Waals surface area contributed by atoms with Crippen LogP contribution < -0.4 is 5.32 Å². The molecular weight excluding hydrogens is 240 g/mol. The van der Waals surface area contributed by atoms with E-state index in [2.05, 4.69) is 17.1 Å². The first-order chi connectivity index (χ1) is 9.25. The predicted octanol–water partition coefficient (Wildman–Crippen LogP) is 1.26. The highest BCUT2D eigenvalue weighted by Crippen LogP contribution is 2.59. The molecule has 1 saturated carbocycles. The quantitative estimate of drug-likeness (QED) is 0.833. The molecule has 1 N–H and O–H groups in total. The van der Waals surface area contributed by atoms with Gasteiger partial charge in [0.1, 0.15) is 0 Å². The predicted molar refractivity (Wildman–Crippen MR) is 73.8 cm³/mol. The van der Waals surface area contributed by atoms with E-state index in [1.165, 1.54) is 12.8 Å². The summed E-state index contributed by atoms with van der Waals surface area (Å²) in [7, 11) is 0. The normalized spacial score (nSPS) is 32.5. The fourth-order valence-electron chi connectivity index (χ4n) is 3.81. The number of piperidine rings is 1. The van der Waals surface area contributed by atoms with Crippen molar-refractivity contribution in [2.75, 3.05) is 39.4 Å². The van der Waals surface area contributed by atoms with Crippen LogP contribution in [-0.2, 0) is 9.53 Å². The van der Waals surface area contributed by atoms with Crippen LogP contribution in [0.3, 0.4) is 0 Å². The van der Waals surface area contributed by atoms with E-state index >= 15 is 0 Å². The lowest BCUT2D eigenvalue weighted by Gasteiger charge is -2.27. The molecule has 0 aromatic carbocycles. The number of ether oxygens (including phenoxy) is 1. The van der Waals surface area contributed by atoms with E-state index in [1.807, 2.05) is 0 Å². The standard InChI is InChI=1S/C15H26N2O2/c1-2-17(10-12-3-8-19-11-12)14(18)13-9-15(13)4-6-16-7-5-15/h12-13,16H,2-11H2,1H3. The van der Waals surface area contributed by atoms with Crippen LogP contribution in [0.25, 0.3) is 0 Å². The molecule has 2 heterocycles. The molecule has 1 aliphatic carbocycles. The van der Waals surface area contributed by atoms with Gasteiger partial charge < -0.3 is 15.0 Å². The van der Waals surface area contributed by atoms with E-state index in [9.17, 15) is 4.79 Å². The van der Waals surface area contributed by atoms with E-state index in [-0.39, 0.29) is 0 Å². The Morgan fingerprint density at radius 1 is 1.42 bits per heavy atom. The number of hydrogen-bond donors (Lipinski definition) is 1. The molecule has 2 aliphatic heterocycles. The van der Waals surface area contributed by atoms with Gasteiger partial charge in [-0.3, -0.25) is 4.79 Å². The summed E-state index contributed by atoms with van der Waals surface area (Å²) in [6, 6.07) is 0. The van der Waals surface area contributed by atoms with Crippen molar-refractivity contribution in [1.29, 1.82) is 0 Å². The Labute approximate surface area is 115 Å². The fraction of sp³-hybridized carbons (Fsp3) is 0.933. The van der Waals surface area contributed by atoms with Gasteiger partial charge in [-0.25, -0.2) is 0 Å². The lowest BCUT2D eigenvalue weighted by Crippen LogP contribution is -2.39. The third-order valence-electron chi connectivity index (χ3n) is 5.28. The van der Waals surface area contributed by atoms with Crippen LogP contribution >= 0.6 is 0 Å². The third kappa shape index (κ3) is 2.65. The van der Waals surface area contributed by atoms with Gasteiger partial charge in [0.15, 0.2) is 0 Å². The smallest absolute Gasteiger partial charge is 0.226 e. The molecule has 4 nitrogen and oxygen atoms in total. The highest BCUT2D eigenvalue weighted by atomic mass is 16.5. The second-order valence-corrected chi connectivity index (χ2v) is 6.48. The molecule has 0 bridgehead atoms. The summed E-state index contributed by atoms with van der Waals surface area (Å²) in [6.45, 7) is 7.74. The van der Waals surface area contributed by atoms with Crippen LogP contribution in [0.2, 0.25) is 0 Å². The summed E-state index contributed by atoms with van der Waals surface area (Å²) in [4.78, 5) is 14.7. The molecule has 4 heteroatoms. The second-order valence-electron chi connectivity index (χ2n) is 6.48. The Bertz CT molecular complexity index is 333. The van der Waals surface area contributed by atoms with Crippen molar-refractivity contribution in [3.8, 4) is 0 Å². The molecule has 1 spiro atoms. The maximum Gasteiger partial charge on any atom is 0.226 e. The number of hydrogen-bond acceptors (Lipinski definition) is 3. The molecule has 1 amide bonds. The Morgan fingerprint density at radius 3 is 2.84 bits per heavy atom. The second kappa shape index (κ2) is 5.41. The first kappa shape index (κ1) is 13.4. The Balaban J connectivity index is 1.56. The van der Waals surface area contributed by atoms with Crippen LogP contribution in [0.4, 0.5) is 0 Å². The summed E-state index contributed by atoms with van der Waals surface area (Å²) in [5, 5.41) is 3.40. The molecule has 19 heavy (non-hydrogen) atoms. The lowest BCUT2D eigenvalue weighted by atomic mass is 9.91. The van der Waals surface area contributed by atoms with Crippen LogP contribution in [0.5, 0.6) is 0 Å². The first-order valence-corrected chi connectivity index (χ1v) is 7.82. The minimum atomic E-state index is 0.317. The highest BCUT2D eigenvalue weighted by Gasteiger charge is 2.58. The van der Waals surface area contributed by atoms with Crippen molar-refractivity contribution in [2.24, 2.45) is 17.3 Å². The van der Waals surface area contributed by atoms with Gasteiger partial charge >= 0.3 is 0 Å². The maximum absolute atomic E-state index is 12.7. The number of carbonyl (C=O) groups excluding carboxylic acids is 1. The number of rotatable bonds is 4. The fourth-order valence-corrected chi connectivity index (χ4v) is 3.81. The molecule has 3 rings (SSSR count). The zero-order chi connectivity index (χ0) is 13.3. The summed E-state index contributed by atoms with van der Waals surface area (Å²) in [5.41, 5.74) is 0.363. The SMILES string of the molecule is CCN(CC1CCOC1)C(=O)C1CC12CCNCC2. The minimum absolute atomic E-state index is 0.317. The van der Waals surface area contributed by atoms with Gasteiger partial charge in [-0.05, 0) is 51.1 Å². The van der Waals surface area contributed by atoms with E-state index in [0.29, 0.717) is 23.2 Å². The first-order valence-electron chi connectivity index (χ1n) is 7.82. The zero-order valence-electron chi connectivity index (χ0n) is 12.0. The molecule has 2 saturated heterocycles. The summed E-state index contributed by atoms with van der Waals surface area (Å²) in [5.74, 6) is 1.29. The van der Waals surface area contributed by atoms with E-state index in [1.54, 1.807) is 0 Å². The molecule has 0 radical (unpaired) electrons.